The third-order valence-corrected chi connectivity index (χ3v) is 8.09. The zero-order valence-electron chi connectivity index (χ0n) is 25.0. The minimum atomic E-state index is -0.902. The number of imidazole rings is 1. The first-order chi connectivity index (χ1) is 22.1. The van der Waals surface area contributed by atoms with Crippen LogP contribution in [-0.2, 0) is 26.2 Å². The zero-order valence-corrected chi connectivity index (χ0v) is 25.0. The molecule has 0 N–H and O–H groups in total. The summed E-state index contributed by atoms with van der Waals surface area (Å²) < 4.78 is 53.4. The predicted molar refractivity (Wildman–Crippen MR) is 166 cm³/mol. The lowest BCUT2D eigenvalue weighted by atomic mass is 10.1. The molecule has 0 atom stereocenters. The second-order valence-corrected chi connectivity index (χ2v) is 11.3. The molecule has 7 rings (SSSR count). The number of halogens is 2. The van der Waals surface area contributed by atoms with Crippen LogP contribution in [0, 0.1) is 11.6 Å². The van der Waals surface area contributed by atoms with Crippen LogP contribution in [0.15, 0.2) is 84.9 Å². The van der Waals surface area contributed by atoms with E-state index in [1.807, 2.05) is 66.7 Å². The maximum Gasteiger partial charge on any atom is 0.231 e. The van der Waals surface area contributed by atoms with Crippen LogP contribution in [0.1, 0.15) is 36.6 Å². The number of fused-ring (bicyclic) bond motifs is 2. The third kappa shape index (κ3) is 6.08. The normalized spacial score (nSPS) is 13.2. The molecule has 0 fully saturated rings. The van der Waals surface area contributed by atoms with Gasteiger partial charge in [0.2, 0.25) is 13.6 Å². The van der Waals surface area contributed by atoms with Crippen molar-refractivity contribution >= 4 is 0 Å². The van der Waals surface area contributed by atoms with Gasteiger partial charge in [-0.15, -0.1) is 0 Å². The van der Waals surface area contributed by atoms with Crippen molar-refractivity contribution in [3.05, 3.63) is 113 Å². The first-order valence-electron chi connectivity index (χ1n) is 15.2. The fourth-order valence-corrected chi connectivity index (χ4v) is 5.86. The van der Waals surface area contributed by atoms with E-state index in [4.69, 9.17) is 23.9 Å². The van der Waals surface area contributed by atoms with Crippen molar-refractivity contribution in [2.45, 2.75) is 45.9 Å². The Morgan fingerprint density at radius 3 is 1.96 bits per heavy atom. The largest absolute Gasteiger partial charge is 0.454 e. The van der Waals surface area contributed by atoms with E-state index >= 15 is 0 Å². The van der Waals surface area contributed by atoms with Crippen molar-refractivity contribution in [2.24, 2.45) is 0 Å². The van der Waals surface area contributed by atoms with E-state index in [0.29, 0.717) is 30.9 Å². The number of unbranched alkanes of at least 4 members (excludes halogenated alkanes) is 1. The van der Waals surface area contributed by atoms with E-state index in [1.54, 1.807) is 6.07 Å². The van der Waals surface area contributed by atoms with Gasteiger partial charge < -0.3 is 23.5 Å². The van der Waals surface area contributed by atoms with Crippen molar-refractivity contribution in [3.63, 3.8) is 0 Å². The van der Waals surface area contributed by atoms with Gasteiger partial charge in [-0.05, 0) is 60.0 Å². The number of ether oxygens (including phenoxy) is 4. The van der Waals surface area contributed by atoms with Gasteiger partial charge in [0.05, 0.1) is 11.4 Å². The van der Waals surface area contributed by atoms with E-state index < -0.39 is 11.6 Å². The first kappa shape index (κ1) is 28.9. The number of aromatic nitrogens is 2. The van der Waals surface area contributed by atoms with Gasteiger partial charge in [-0.1, -0.05) is 55.8 Å². The van der Waals surface area contributed by atoms with Crippen LogP contribution in [-0.4, -0.2) is 28.0 Å². The van der Waals surface area contributed by atoms with E-state index in [-0.39, 0.29) is 13.6 Å². The molecular formula is C36H33F2N3O4. The van der Waals surface area contributed by atoms with Crippen LogP contribution in [0.2, 0.25) is 0 Å². The van der Waals surface area contributed by atoms with Crippen molar-refractivity contribution in [2.75, 3.05) is 13.6 Å². The Morgan fingerprint density at radius 2 is 1.33 bits per heavy atom. The second-order valence-electron chi connectivity index (χ2n) is 11.3. The fraction of sp³-hybridized carbons (Fsp3) is 0.250. The van der Waals surface area contributed by atoms with Crippen LogP contribution in [0.4, 0.5) is 8.78 Å². The van der Waals surface area contributed by atoms with Crippen molar-refractivity contribution in [1.82, 2.24) is 14.5 Å². The quantitative estimate of drug-likeness (QED) is 0.152. The van der Waals surface area contributed by atoms with Crippen LogP contribution < -0.4 is 18.9 Å². The average Bonchev–Trinajstić information content (AvgIpc) is 3.80. The van der Waals surface area contributed by atoms with E-state index in [0.717, 1.165) is 70.6 Å². The lowest BCUT2D eigenvalue weighted by Crippen LogP contribution is -2.24. The van der Waals surface area contributed by atoms with Gasteiger partial charge >= 0.3 is 0 Å². The predicted octanol–water partition coefficient (Wildman–Crippen LogP) is 7.96. The number of hydrogen-bond acceptors (Lipinski definition) is 6. The molecule has 9 heteroatoms. The summed E-state index contributed by atoms with van der Waals surface area (Å²) >= 11 is 0. The van der Waals surface area contributed by atoms with Crippen LogP contribution in [0.5, 0.6) is 23.0 Å². The molecule has 230 valence electrons. The summed E-state index contributed by atoms with van der Waals surface area (Å²) in [5.41, 5.74) is 5.15. The summed E-state index contributed by atoms with van der Waals surface area (Å²) in [5, 5.41) is 0. The smallest absolute Gasteiger partial charge is 0.231 e. The molecule has 0 radical (unpaired) electrons. The molecule has 0 saturated heterocycles. The number of hydrogen-bond donors (Lipinski definition) is 0. The van der Waals surface area contributed by atoms with Gasteiger partial charge in [0.15, 0.2) is 34.6 Å². The Balaban J connectivity index is 1.33. The molecule has 1 aromatic heterocycles. The summed E-state index contributed by atoms with van der Waals surface area (Å²) in [6.07, 6.45) is 1.93. The van der Waals surface area contributed by atoms with E-state index in [2.05, 4.69) is 16.4 Å². The van der Waals surface area contributed by atoms with Crippen LogP contribution >= 0.6 is 0 Å². The maximum absolute atomic E-state index is 14.6. The number of nitrogens with zero attached hydrogens (tertiary/aromatic N) is 3. The molecule has 2 aliphatic rings. The molecular weight excluding hydrogens is 576 g/mol. The Bertz CT molecular complexity index is 1770. The number of benzene rings is 4. The molecule has 3 heterocycles. The standard InChI is InChI=1S/C36H33F2N3O4/c1-2-3-15-41-30(35(27-11-12-28(37)29(38)18-27)39-36(41)26-7-5-4-6-8-26)21-40(19-24-9-13-31-33(16-24)44-22-42-31)20-25-10-14-32-34(17-25)45-23-43-32/h4-14,16-18H,2-3,15,19-23H2,1H3. The highest BCUT2D eigenvalue weighted by atomic mass is 19.2. The summed E-state index contributed by atoms with van der Waals surface area (Å²) in [7, 11) is 0. The molecule has 0 bridgehead atoms. The first-order valence-corrected chi connectivity index (χ1v) is 15.2. The molecule has 0 aliphatic carbocycles. The molecule has 0 amide bonds. The lowest BCUT2D eigenvalue weighted by Gasteiger charge is -2.25. The number of rotatable bonds is 11. The topological polar surface area (TPSA) is 58.0 Å². The Labute approximate surface area is 260 Å². The van der Waals surface area contributed by atoms with Crippen LogP contribution in [0.3, 0.4) is 0 Å². The summed E-state index contributed by atoms with van der Waals surface area (Å²) in [6.45, 7) is 4.95. The summed E-state index contributed by atoms with van der Waals surface area (Å²) in [5.74, 6) is 1.90. The Hall–Kier alpha value is -4.89. The second kappa shape index (κ2) is 12.6. The molecule has 4 aromatic carbocycles. The Morgan fingerprint density at radius 1 is 0.689 bits per heavy atom. The Kier molecular flexibility index (Phi) is 8.09. The molecule has 2 aliphatic heterocycles. The highest BCUT2D eigenvalue weighted by molar-refractivity contribution is 5.68. The highest BCUT2D eigenvalue weighted by Crippen LogP contribution is 2.36. The molecule has 5 aromatic rings. The monoisotopic (exact) mass is 609 g/mol. The highest BCUT2D eigenvalue weighted by Gasteiger charge is 2.24. The lowest BCUT2D eigenvalue weighted by molar-refractivity contribution is 0.173. The SMILES string of the molecule is CCCCn1c(-c2ccccc2)nc(-c2ccc(F)c(F)c2)c1CN(Cc1ccc2c(c1)OCO2)Cc1ccc2c(c1)OCO2. The van der Waals surface area contributed by atoms with E-state index in [1.165, 1.54) is 12.1 Å². The molecule has 7 nitrogen and oxygen atoms in total. The average molecular weight is 610 g/mol. The van der Waals surface area contributed by atoms with Gasteiger partial charge in [-0.25, -0.2) is 13.8 Å². The van der Waals surface area contributed by atoms with Crippen LogP contribution in [0.25, 0.3) is 22.6 Å². The van der Waals surface area contributed by atoms with Crippen molar-refractivity contribution < 1.29 is 27.7 Å². The maximum atomic E-state index is 14.6. The molecule has 0 spiro atoms. The summed E-state index contributed by atoms with van der Waals surface area (Å²) in [6, 6.07) is 26.0. The zero-order chi connectivity index (χ0) is 30.8. The molecule has 45 heavy (non-hydrogen) atoms. The van der Waals surface area contributed by atoms with Gasteiger partial charge in [0.1, 0.15) is 5.82 Å². The van der Waals surface area contributed by atoms with Gasteiger partial charge in [0.25, 0.3) is 0 Å². The molecule has 0 unspecified atom stereocenters. The van der Waals surface area contributed by atoms with Gasteiger partial charge in [-0.3, -0.25) is 4.90 Å². The minimum Gasteiger partial charge on any atom is -0.454 e. The molecule has 0 saturated carbocycles. The third-order valence-electron chi connectivity index (χ3n) is 8.09. The minimum absolute atomic E-state index is 0.205. The van der Waals surface area contributed by atoms with Gasteiger partial charge in [-0.2, -0.15) is 0 Å². The van der Waals surface area contributed by atoms with Crippen molar-refractivity contribution in [1.29, 1.82) is 0 Å². The van der Waals surface area contributed by atoms with Gasteiger partial charge in [0, 0.05) is 37.3 Å². The van der Waals surface area contributed by atoms with E-state index in [9.17, 15) is 8.78 Å². The summed E-state index contributed by atoms with van der Waals surface area (Å²) in [4.78, 5) is 7.42. The fourth-order valence-electron chi connectivity index (χ4n) is 5.86. The van der Waals surface area contributed by atoms with Crippen molar-refractivity contribution in [3.8, 4) is 45.6 Å².